The number of aromatic nitrogens is 3. The predicted octanol–water partition coefficient (Wildman–Crippen LogP) is 3.99. The molecule has 3 rings (SSSR count). The van der Waals surface area contributed by atoms with E-state index >= 15 is 0 Å². The average Bonchev–Trinajstić information content (AvgIpc) is 2.69. The lowest BCUT2D eigenvalue weighted by Crippen LogP contribution is -2.20. The Balaban J connectivity index is 1.66. The molecule has 0 saturated carbocycles. The van der Waals surface area contributed by atoms with Crippen LogP contribution in [0.15, 0.2) is 48.5 Å². The van der Waals surface area contributed by atoms with E-state index in [4.69, 9.17) is 5.73 Å². The summed E-state index contributed by atoms with van der Waals surface area (Å²) < 4.78 is 28.9. The van der Waals surface area contributed by atoms with Gasteiger partial charge in [0, 0.05) is 12.2 Å². The maximum absolute atomic E-state index is 12.3. The van der Waals surface area contributed by atoms with E-state index in [9.17, 15) is 8.78 Å². The topological polar surface area (TPSA) is 89.2 Å². The minimum Gasteiger partial charge on any atom is -0.435 e. The first-order valence-electron chi connectivity index (χ1n) is 9.50. The third-order valence-electron chi connectivity index (χ3n) is 4.36. The molecule has 0 fully saturated rings. The molecule has 0 aliphatic rings. The summed E-state index contributed by atoms with van der Waals surface area (Å²) in [5.74, 6) is 1.18. The molecule has 9 heteroatoms. The Morgan fingerprint density at radius 3 is 2.47 bits per heavy atom. The number of hydrogen-bond donors (Lipinski definition) is 2. The number of alkyl halides is 2. The van der Waals surface area contributed by atoms with Gasteiger partial charge in [0.25, 0.3) is 0 Å². The molecule has 0 spiro atoms. The molecule has 0 aliphatic heterocycles. The molecule has 3 aromatic rings. The second-order valence-corrected chi connectivity index (χ2v) is 6.76. The molecule has 1 aromatic heterocycles. The third kappa shape index (κ3) is 6.08. The first kappa shape index (κ1) is 21.4. The zero-order valence-electron chi connectivity index (χ0n) is 16.8. The van der Waals surface area contributed by atoms with Gasteiger partial charge in [-0.2, -0.15) is 23.7 Å². The minimum atomic E-state index is -2.83. The molecule has 30 heavy (non-hydrogen) atoms. The highest BCUT2D eigenvalue weighted by atomic mass is 19.3. The van der Waals surface area contributed by atoms with Crippen molar-refractivity contribution in [2.45, 2.75) is 33.0 Å². The summed E-state index contributed by atoms with van der Waals surface area (Å²) in [6, 6.07) is 14.4. The molecule has 0 aliphatic carbocycles. The van der Waals surface area contributed by atoms with E-state index in [2.05, 4.69) is 31.9 Å². The number of nitrogens with one attached hydrogen (secondary N) is 1. The summed E-state index contributed by atoms with van der Waals surface area (Å²) in [5, 5.41) is 3.21. The van der Waals surface area contributed by atoms with Crippen molar-refractivity contribution >= 4 is 17.6 Å². The largest absolute Gasteiger partial charge is 0.435 e. The lowest BCUT2D eigenvalue weighted by molar-refractivity contribution is -0.0498. The average molecular weight is 414 g/mol. The van der Waals surface area contributed by atoms with Gasteiger partial charge in [-0.3, -0.25) is 4.90 Å². The molecule has 3 N–H and O–H groups in total. The summed E-state index contributed by atoms with van der Waals surface area (Å²) in [6.07, 6.45) is 0.875. The number of nitrogens with two attached hydrogens (primary N) is 1. The number of aryl methyl sites for hydroxylation is 1. The SMILES string of the molecule is CCc1ccccc1Nc1nc(N)nc(CN(C)Cc2ccc(OC(F)F)cc2)n1. The Bertz CT molecular complexity index is 968. The molecule has 0 unspecified atom stereocenters. The molecule has 7 nitrogen and oxygen atoms in total. The number of hydrogen-bond acceptors (Lipinski definition) is 7. The Morgan fingerprint density at radius 2 is 1.77 bits per heavy atom. The van der Waals surface area contributed by atoms with Crippen LogP contribution in [0.4, 0.5) is 26.4 Å². The fourth-order valence-corrected chi connectivity index (χ4v) is 3.02. The van der Waals surface area contributed by atoms with Crippen LogP contribution in [0.25, 0.3) is 0 Å². The monoisotopic (exact) mass is 414 g/mol. The van der Waals surface area contributed by atoms with Crippen molar-refractivity contribution in [2.75, 3.05) is 18.1 Å². The van der Waals surface area contributed by atoms with E-state index in [-0.39, 0.29) is 11.7 Å². The molecule has 0 radical (unpaired) electrons. The molecule has 0 saturated heterocycles. The van der Waals surface area contributed by atoms with Crippen LogP contribution >= 0.6 is 0 Å². The molecule has 1 heterocycles. The van der Waals surface area contributed by atoms with Crippen molar-refractivity contribution in [1.82, 2.24) is 19.9 Å². The van der Waals surface area contributed by atoms with Crippen molar-refractivity contribution in [3.63, 3.8) is 0 Å². The van der Waals surface area contributed by atoms with Crippen LogP contribution in [-0.2, 0) is 19.5 Å². The number of halogens is 2. The quantitative estimate of drug-likeness (QED) is 0.547. The summed E-state index contributed by atoms with van der Waals surface area (Å²) in [7, 11) is 1.91. The van der Waals surface area contributed by atoms with Crippen molar-refractivity contribution in [2.24, 2.45) is 0 Å². The second kappa shape index (κ2) is 9.93. The van der Waals surface area contributed by atoms with Gasteiger partial charge in [0.2, 0.25) is 11.9 Å². The summed E-state index contributed by atoms with van der Waals surface area (Å²) in [5.41, 5.74) is 8.89. The van der Waals surface area contributed by atoms with Crippen LogP contribution in [0.3, 0.4) is 0 Å². The molecule has 0 atom stereocenters. The van der Waals surface area contributed by atoms with Gasteiger partial charge in [0.05, 0.1) is 6.54 Å². The number of nitrogens with zero attached hydrogens (tertiary/aromatic N) is 4. The molecule has 158 valence electrons. The summed E-state index contributed by atoms with van der Waals surface area (Å²) in [4.78, 5) is 14.9. The maximum Gasteiger partial charge on any atom is 0.387 e. The Labute approximate surface area is 173 Å². The highest BCUT2D eigenvalue weighted by Gasteiger charge is 2.10. The van der Waals surface area contributed by atoms with Gasteiger partial charge < -0.3 is 15.8 Å². The number of ether oxygens (including phenoxy) is 1. The van der Waals surface area contributed by atoms with Gasteiger partial charge in [-0.25, -0.2) is 0 Å². The van der Waals surface area contributed by atoms with Crippen molar-refractivity contribution in [3.8, 4) is 5.75 Å². The first-order valence-corrected chi connectivity index (χ1v) is 9.50. The van der Waals surface area contributed by atoms with Gasteiger partial charge in [-0.15, -0.1) is 0 Å². The van der Waals surface area contributed by atoms with Crippen molar-refractivity contribution in [3.05, 3.63) is 65.5 Å². The number of nitrogen functional groups attached to an aromatic ring is 1. The van der Waals surface area contributed by atoms with E-state index in [1.165, 1.54) is 12.1 Å². The summed E-state index contributed by atoms with van der Waals surface area (Å²) >= 11 is 0. The number of benzene rings is 2. The van der Waals surface area contributed by atoms with Crippen molar-refractivity contribution < 1.29 is 13.5 Å². The smallest absolute Gasteiger partial charge is 0.387 e. The minimum absolute atomic E-state index is 0.129. The number of rotatable bonds is 9. The maximum atomic E-state index is 12.3. The Morgan fingerprint density at radius 1 is 1.03 bits per heavy atom. The molecule has 0 amide bonds. The van der Waals surface area contributed by atoms with Crippen LogP contribution in [0, 0.1) is 0 Å². The zero-order valence-corrected chi connectivity index (χ0v) is 16.8. The van der Waals surface area contributed by atoms with E-state index in [1.54, 1.807) is 12.1 Å². The van der Waals surface area contributed by atoms with Crippen LogP contribution in [-0.4, -0.2) is 33.5 Å². The van der Waals surface area contributed by atoms with Gasteiger partial charge in [-0.1, -0.05) is 37.3 Å². The number of para-hydroxylation sites is 1. The van der Waals surface area contributed by atoms with Crippen molar-refractivity contribution in [1.29, 1.82) is 0 Å². The standard InChI is InChI=1S/C21H24F2N6O/c1-3-15-6-4-5-7-17(15)25-21-27-18(26-20(24)28-21)13-29(2)12-14-8-10-16(11-9-14)30-19(22)23/h4-11,19H,3,12-13H2,1-2H3,(H3,24,25,26,27,28). The normalized spacial score (nSPS) is 11.1. The van der Waals surface area contributed by atoms with Gasteiger partial charge in [0.15, 0.2) is 0 Å². The molecule has 0 bridgehead atoms. The summed E-state index contributed by atoms with van der Waals surface area (Å²) in [6.45, 7) is 0.253. The van der Waals surface area contributed by atoms with Crippen LogP contribution < -0.4 is 15.8 Å². The fraction of sp³-hybridized carbons (Fsp3) is 0.286. The van der Waals surface area contributed by atoms with Crippen LogP contribution in [0.5, 0.6) is 5.75 Å². The lowest BCUT2D eigenvalue weighted by Gasteiger charge is -2.17. The third-order valence-corrected chi connectivity index (χ3v) is 4.36. The zero-order chi connectivity index (χ0) is 21.5. The highest BCUT2D eigenvalue weighted by Crippen LogP contribution is 2.20. The van der Waals surface area contributed by atoms with E-state index < -0.39 is 6.61 Å². The van der Waals surface area contributed by atoms with Gasteiger partial charge in [-0.05, 0) is 42.8 Å². The van der Waals surface area contributed by atoms with E-state index in [0.717, 1.165) is 23.2 Å². The first-order chi connectivity index (χ1) is 14.4. The van der Waals surface area contributed by atoms with E-state index in [0.29, 0.717) is 24.9 Å². The van der Waals surface area contributed by atoms with E-state index in [1.807, 2.05) is 36.2 Å². The Kier molecular flexibility index (Phi) is 7.08. The highest BCUT2D eigenvalue weighted by molar-refractivity contribution is 5.58. The molecular formula is C21H24F2N6O. The lowest BCUT2D eigenvalue weighted by atomic mass is 10.1. The predicted molar refractivity (Wildman–Crippen MR) is 112 cm³/mol. The van der Waals surface area contributed by atoms with Crippen LogP contribution in [0.2, 0.25) is 0 Å². The second-order valence-electron chi connectivity index (χ2n) is 6.76. The van der Waals surface area contributed by atoms with Gasteiger partial charge >= 0.3 is 6.61 Å². The molecular weight excluding hydrogens is 390 g/mol. The van der Waals surface area contributed by atoms with Gasteiger partial charge in [0.1, 0.15) is 11.6 Å². The fourth-order valence-electron chi connectivity index (χ4n) is 3.02. The Hall–Kier alpha value is -3.33. The molecule has 2 aromatic carbocycles. The number of anilines is 3. The van der Waals surface area contributed by atoms with Crippen LogP contribution in [0.1, 0.15) is 23.9 Å².